The van der Waals surface area contributed by atoms with Gasteiger partial charge in [-0.1, -0.05) is 54.6 Å². The Morgan fingerprint density at radius 3 is 1.93 bits per heavy atom. The van der Waals surface area contributed by atoms with Gasteiger partial charge in [-0.2, -0.15) is 10.2 Å². The maximum Gasteiger partial charge on any atom is 0.252 e. The highest BCUT2D eigenvalue weighted by atomic mass is 16.2. The second-order valence-corrected chi connectivity index (χ2v) is 9.63. The van der Waals surface area contributed by atoms with Crippen molar-refractivity contribution in [3.63, 3.8) is 0 Å². The summed E-state index contributed by atoms with van der Waals surface area (Å²) in [6.45, 7) is 3.49. The molecular weight excluding hydrogens is 520 g/mol. The van der Waals surface area contributed by atoms with Gasteiger partial charge in [-0.25, -0.2) is 0 Å². The molecule has 0 saturated heterocycles. The van der Waals surface area contributed by atoms with Gasteiger partial charge in [-0.05, 0) is 61.2 Å². The Balaban J connectivity index is 1.57. The monoisotopic (exact) mass is 552 g/mol. The summed E-state index contributed by atoms with van der Waals surface area (Å²) in [4.78, 5) is 27.2. The highest BCUT2D eigenvalue weighted by Crippen LogP contribution is 2.52. The van der Waals surface area contributed by atoms with Gasteiger partial charge in [0.1, 0.15) is 5.54 Å². The number of hydrogen-bond donors (Lipinski definition) is 6. The van der Waals surface area contributed by atoms with E-state index >= 15 is 0 Å². The number of benzene rings is 3. The van der Waals surface area contributed by atoms with Crippen molar-refractivity contribution in [2.75, 3.05) is 5.32 Å². The number of carbonyl (C=O) groups is 2. The molecule has 0 aromatic heterocycles. The molecule has 1 unspecified atom stereocenters. The molecule has 0 radical (unpaired) electrons. The molecule has 10 N–H and O–H groups in total. The fourth-order valence-electron chi connectivity index (χ4n) is 4.38. The van der Waals surface area contributed by atoms with Crippen LogP contribution in [0.25, 0.3) is 0 Å². The van der Waals surface area contributed by atoms with Gasteiger partial charge in [0, 0.05) is 17.2 Å². The third-order valence-corrected chi connectivity index (χ3v) is 6.64. The lowest BCUT2D eigenvalue weighted by Gasteiger charge is -2.20. The van der Waals surface area contributed by atoms with Crippen molar-refractivity contribution in [2.45, 2.75) is 31.7 Å². The summed E-state index contributed by atoms with van der Waals surface area (Å²) < 4.78 is 0. The van der Waals surface area contributed by atoms with Crippen molar-refractivity contribution < 1.29 is 9.59 Å². The first-order valence-corrected chi connectivity index (χ1v) is 12.7. The van der Waals surface area contributed by atoms with Gasteiger partial charge in [-0.3, -0.25) is 9.59 Å². The Kier molecular flexibility index (Phi) is 8.42. The van der Waals surface area contributed by atoms with Crippen molar-refractivity contribution in [3.05, 3.63) is 101 Å². The molecule has 0 heterocycles. The maximum absolute atomic E-state index is 13.7. The van der Waals surface area contributed by atoms with Crippen molar-refractivity contribution in [1.29, 1.82) is 0 Å². The van der Waals surface area contributed by atoms with E-state index in [1.54, 1.807) is 62.4 Å². The standard InChI is InChI=1S/C29H32N10O2/c1-17(36-38-27(30)31)19-11-13-23(14-12-19)34-26(41)29(16-24(29)20-7-4-3-5-8-20)35-25(40)22-10-6-9-21(15-22)18(2)37-39-28(32)33/h3-15,24H,16H2,1-2H3,(H,34,41)(H,35,40)(H4,30,31,38)(H4,32,33,39)/b36-17+,37-18+/t24-,29?/m1/s1. The molecule has 1 fully saturated rings. The van der Waals surface area contributed by atoms with Crippen molar-refractivity contribution >= 4 is 40.8 Å². The largest absolute Gasteiger partial charge is 0.369 e. The number of nitrogens with one attached hydrogen (secondary N) is 2. The summed E-state index contributed by atoms with van der Waals surface area (Å²) >= 11 is 0. The molecule has 210 valence electrons. The van der Waals surface area contributed by atoms with Gasteiger partial charge in [0.15, 0.2) is 0 Å². The highest BCUT2D eigenvalue weighted by molar-refractivity contribution is 6.08. The van der Waals surface area contributed by atoms with E-state index in [1.165, 1.54) is 0 Å². The molecule has 2 amide bonds. The Morgan fingerprint density at radius 2 is 1.32 bits per heavy atom. The van der Waals surface area contributed by atoms with Gasteiger partial charge < -0.3 is 33.6 Å². The van der Waals surface area contributed by atoms with Crippen molar-refractivity contribution in [3.8, 4) is 0 Å². The molecular formula is C29H32N10O2. The number of anilines is 1. The quantitative estimate of drug-likeness (QED) is 0.133. The Labute approximate surface area is 237 Å². The van der Waals surface area contributed by atoms with Crippen LogP contribution >= 0.6 is 0 Å². The van der Waals surface area contributed by atoms with E-state index in [1.807, 2.05) is 30.3 Å². The zero-order valence-electron chi connectivity index (χ0n) is 22.7. The van der Waals surface area contributed by atoms with Crippen LogP contribution in [0.15, 0.2) is 99.3 Å². The van der Waals surface area contributed by atoms with Crippen molar-refractivity contribution in [1.82, 2.24) is 5.32 Å². The lowest BCUT2D eigenvalue weighted by molar-refractivity contribution is -0.119. The van der Waals surface area contributed by atoms with E-state index in [0.717, 1.165) is 11.1 Å². The van der Waals surface area contributed by atoms with Gasteiger partial charge in [-0.15, -0.1) is 10.2 Å². The molecule has 1 aliphatic carbocycles. The van der Waals surface area contributed by atoms with Crippen LogP contribution in [0.4, 0.5) is 5.69 Å². The summed E-state index contributed by atoms with van der Waals surface area (Å²) in [6, 6.07) is 23.6. The van der Waals surface area contributed by atoms with E-state index in [0.29, 0.717) is 34.7 Å². The van der Waals surface area contributed by atoms with Gasteiger partial charge >= 0.3 is 0 Å². The van der Waals surface area contributed by atoms with E-state index in [2.05, 4.69) is 31.0 Å². The lowest BCUT2D eigenvalue weighted by Crippen LogP contribution is -2.47. The number of nitrogens with zero attached hydrogens (tertiary/aromatic N) is 4. The number of amides is 2. The van der Waals surface area contributed by atoms with Crippen LogP contribution in [0.3, 0.4) is 0 Å². The molecule has 3 aromatic rings. The molecule has 2 atom stereocenters. The van der Waals surface area contributed by atoms with Crippen LogP contribution < -0.4 is 33.6 Å². The zero-order chi connectivity index (χ0) is 29.6. The van der Waals surface area contributed by atoms with Crippen LogP contribution in [0, 0.1) is 0 Å². The molecule has 1 saturated carbocycles. The van der Waals surface area contributed by atoms with Crippen LogP contribution in [0.1, 0.15) is 53.2 Å². The molecule has 3 aromatic carbocycles. The van der Waals surface area contributed by atoms with Crippen LogP contribution in [0.2, 0.25) is 0 Å². The second-order valence-electron chi connectivity index (χ2n) is 9.63. The lowest BCUT2D eigenvalue weighted by atomic mass is 10.0. The number of guanidine groups is 2. The van der Waals surface area contributed by atoms with E-state index in [-0.39, 0.29) is 23.7 Å². The number of carbonyl (C=O) groups excluding carboxylic acids is 2. The van der Waals surface area contributed by atoms with Crippen LogP contribution in [-0.4, -0.2) is 40.7 Å². The minimum absolute atomic E-state index is 0.140. The smallest absolute Gasteiger partial charge is 0.252 e. The fourth-order valence-corrected chi connectivity index (χ4v) is 4.38. The molecule has 1 aliphatic rings. The topological polar surface area (TPSA) is 212 Å². The Hall–Kier alpha value is -5.52. The van der Waals surface area contributed by atoms with E-state index in [4.69, 9.17) is 22.9 Å². The fraction of sp³-hybridized carbons (Fsp3) is 0.172. The molecule has 0 aliphatic heterocycles. The van der Waals surface area contributed by atoms with Gasteiger partial charge in [0.25, 0.3) is 11.8 Å². The number of nitrogens with two attached hydrogens (primary N) is 4. The summed E-state index contributed by atoms with van der Waals surface area (Å²) in [5.74, 6) is -1.22. The molecule has 12 nitrogen and oxygen atoms in total. The zero-order valence-corrected chi connectivity index (χ0v) is 22.7. The van der Waals surface area contributed by atoms with E-state index < -0.39 is 11.4 Å². The summed E-state index contributed by atoms with van der Waals surface area (Å²) in [6.07, 6.45) is 0.446. The first-order chi connectivity index (χ1) is 19.6. The molecule has 12 heteroatoms. The first-order valence-electron chi connectivity index (χ1n) is 12.7. The molecule has 4 rings (SSSR count). The van der Waals surface area contributed by atoms with Gasteiger partial charge in [0.2, 0.25) is 11.9 Å². The predicted octanol–water partition coefficient (Wildman–Crippen LogP) is 1.98. The molecule has 0 spiro atoms. The second kappa shape index (κ2) is 12.1. The van der Waals surface area contributed by atoms with Gasteiger partial charge in [0.05, 0.1) is 11.4 Å². The summed E-state index contributed by atoms with van der Waals surface area (Å²) in [7, 11) is 0. The Morgan fingerprint density at radius 1 is 0.732 bits per heavy atom. The molecule has 0 bridgehead atoms. The predicted molar refractivity (Wildman–Crippen MR) is 162 cm³/mol. The third kappa shape index (κ3) is 6.92. The van der Waals surface area contributed by atoms with Crippen molar-refractivity contribution in [2.24, 2.45) is 43.3 Å². The first kappa shape index (κ1) is 28.5. The van der Waals surface area contributed by atoms with E-state index in [9.17, 15) is 9.59 Å². The maximum atomic E-state index is 13.7. The van der Waals surface area contributed by atoms with Crippen LogP contribution in [-0.2, 0) is 4.79 Å². The average Bonchev–Trinajstić information content (AvgIpc) is 3.70. The highest BCUT2D eigenvalue weighted by Gasteiger charge is 2.61. The normalized spacial score (nSPS) is 18.1. The minimum Gasteiger partial charge on any atom is -0.369 e. The Bertz CT molecular complexity index is 1550. The third-order valence-electron chi connectivity index (χ3n) is 6.64. The number of rotatable bonds is 9. The minimum atomic E-state index is -1.14. The number of hydrogen-bond acceptors (Lipinski definition) is 6. The summed E-state index contributed by atoms with van der Waals surface area (Å²) in [5.41, 5.74) is 24.7. The van der Waals surface area contributed by atoms with Crippen LogP contribution in [0.5, 0.6) is 0 Å². The SMILES string of the molecule is C/C(=N\N=C(N)N)c1ccc(NC(=O)C2(NC(=O)c3cccc(/C(C)=N/N=C(N)N)c3)C[C@@H]2c2ccccc2)cc1. The average molecular weight is 553 g/mol. The molecule has 41 heavy (non-hydrogen) atoms. The summed E-state index contributed by atoms with van der Waals surface area (Å²) in [5, 5.41) is 21.2.